The van der Waals surface area contributed by atoms with Crippen LogP contribution in [0.15, 0.2) is 24.5 Å². The summed E-state index contributed by atoms with van der Waals surface area (Å²) in [5, 5.41) is 3.16. The van der Waals surface area contributed by atoms with Gasteiger partial charge >= 0.3 is 0 Å². The van der Waals surface area contributed by atoms with Gasteiger partial charge < -0.3 is 15.8 Å². The van der Waals surface area contributed by atoms with Gasteiger partial charge in [-0.1, -0.05) is 6.07 Å². The number of aromatic nitrogens is 2. The van der Waals surface area contributed by atoms with E-state index in [0.29, 0.717) is 23.1 Å². The number of nitrogens with zero attached hydrogens (tertiary/aromatic N) is 2. The van der Waals surface area contributed by atoms with Crippen LogP contribution in [0.5, 0.6) is 11.6 Å². The summed E-state index contributed by atoms with van der Waals surface area (Å²) in [7, 11) is 0. The number of nitrogen functional groups attached to an aromatic ring is 1. The van der Waals surface area contributed by atoms with Crippen molar-refractivity contribution in [2.24, 2.45) is 0 Å². The van der Waals surface area contributed by atoms with Gasteiger partial charge in [0.05, 0.1) is 0 Å². The van der Waals surface area contributed by atoms with E-state index >= 15 is 0 Å². The van der Waals surface area contributed by atoms with Crippen molar-refractivity contribution in [2.45, 2.75) is 33.7 Å². The van der Waals surface area contributed by atoms with Crippen LogP contribution in [0.4, 0.5) is 11.5 Å². The average Bonchev–Trinajstić information content (AvgIpc) is 2.38. The lowest BCUT2D eigenvalue weighted by Gasteiger charge is -2.14. The van der Waals surface area contributed by atoms with E-state index in [4.69, 9.17) is 10.5 Å². The fourth-order valence-corrected chi connectivity index (χ4v) is 1.74. The molecule has 0 saturated carbocycles. The molecule has 0 radical (unpaired) electrons. The number of hydrogen-bond acceptors (Lipinski definition) is 5. The third-order valence-corrected chi connectivity index (χ3v) is 2.97. The number of rotatable bonds is 4. The topological polar surface area (TPSA) is 73.1 Å². The molecule has 0 aliphatic heterocycles. The van der Waals surface area contributed by atoms with Crippen molar-refractivity contribution in [2.75, 3.05) is 11.1 Å². The summed E-state index contributed by atoms with van der Waals surface area (Å²) in [5.41, 5.74) is 8.83. The first kappa shape index (κ1) is 14.1. The van der Waals surface area contributed by atoms with Gasteiger partial charge in [0.2, 0.25) is 5.88 Å². The van der Waals surface area contributed by atoms with Crippen LogP contribution in [-0.2, 0) is 0 Å². The maximum atomic E-state index is 6.03. The van der Waals surface area contributed by atoms with E-state index in [2.05, 4.69) is 22.2 Å². The summed E-state index contributed by atoms with van der Waals surface area (Å²) in [6.07, 6.45) is 1.44. The summed E-state index contributed by atoms with van der Waals surface area (Å²) >= 11 is 0. The first-order chi connectivity index (χ1) is 9.47. The molecule has 5 heteroatoms. The van der Waals surface area contributed by atoms with Gasteiger partial charge in [-0.15, -0.1) is 0 Å². The predicted molar refractivity (Wildman–Crippen MR) is 81.2 cm³/mol. The zero-order valence-electron chi connectivity index (χ0n) is 12.3. The first-order valence-electron chi connectivity index (χ1n) is 6.59. The highest BCUT2D eigenvalue weighted by Gasteiger charge is 2.11. The molecule has 0 spiro atoms. The summed E-state index contributed by atoms with van der Waals surface area (Å²) < 4.78 is 5.75. The maximum Gasteiger partial charge on any atom is 0.248 e. The van der Waals surface area contributed by atoms with Crippen LogP contribution >= 0.6 is 0 Å². The molecule has 3 N–H and O–H groups in total. The van der Waals surface area contributed by atoms with Gasteiger partial charge in [0.1, 0.15) is 17.8 Å². The van der Waals surface area contributed by atoms with Crippen LogP contribution in [-0.4, -0.2) is 16.0 Å². The molecular formula is C15H20N4O. The lowest BCUT2D eigenvalue weighted by Crippen LogP contribution is -2.13. The number of aryl methyl sites for hydroxylation is 2. The number of nitrogens with two attached hydrogens (primary N) is 1. The van der Waals surface area contributed by atoms with Crippen LogP contribution in [0.2, 0.25) is 0 Å². The van der Waals surface area contributed by atoms with Gasteiger partial charge in [0, 0.05) is 6.04 Å². The number of hydrogen-bond donors (Lipinski definition) is 2. The standard InChI is InChI=1S/C15H20N4O/c1-9(2)19-14-13(16)15(18-8-17-14)20-12-6-5-10(3)11(4)7-12/h5-9H,16H2,1-4H3,(H,17,18,19). The van der Waals surface area contributed by atoms with Crippen LogP contribution in [0, 0.1) is 13.8 Å². The van der Waals surface area contributed by atoms with Crippen LogP contribution in [0.25, 0.3) is 0 Å². The molecular weight excluding hydrogens is 252 g/mol. The number of ether oxygens (including phenoxy) is 1. The van der Waals surface area contributed by atoms with Crippen LogP contribution in [0.1, 0.15) is 25.0 Å². The summed E-state index contributed by atoms with van der Waals surface area (Å²) in [5.74, 6) is 1.68. The molecule has 0 atom stereocenters. The van der Waals surface area contributed by atoms with Gasteiger partial charge in [-0.25, -0.2) is 4.98 Å². The molecule has 1 aromatic carbocycles. The molecule has 20 heavy (non-hydrogen) atoms. The van der Waals surface area contributed by atoms with E-state index in [1.165, 1.54) is 11.9 Å². The Balaban J connectivity index is 2.27. The highest BCUT2D eigenvalue weighted by atomic mass is 16.5. The van der Waals surface area contributed by atoms with Crippen molar-refractivity contribution in [3.05, 3.63) is 35.7 Å². The summed E-state index contributed by atoms with van der Waals surface area (Å²) in [4.78, 5) is 8.22. The third-order valence-electron chi connectivity index (χ3n) is 2.97. The molecule has 0 aliphatic carbocycles. The minimum atomic E-state index is 0.238. The van der Waals surface area contributed by atoms with Crippen LogP contribution < -0.4 is 15.8 Å². The second kappa shape index (κ2) is 5.77. The summed E-state index contributed by atoms with van der Waals surface area (Å²) in [6.45, 7) is 8.14. The Bertz CT molecular complexity index is 611. The van der Waals surface area contributed by atoms with E-state index < -0.39 is 0 Å². The third kappa shape index (κ3) is 3.17. The largest absolute Gasteiger partial charge is 0.437 e. The van der Waals surface area contributed by atoms with Gasteiger partial charge in [-0.2, -0.15) is 4.98 Å². The highest BCUT2D eigenvalue weighted by molar-refractivity contribution is 5.67. The fourth-order valence-electron chi connectivity index (χ4n) is 1.74. The molecule has 0 amide bonds. The minimum Gasteiger partial charge on any atom is -0.437 e. The zero-order chi connectivity index (χ0) is 14.7. The predicted octanol–water partition coefficient (Wildman–Crippen LogP) is 3.29. The van der Waals surface area contributed by atoms with Gasteiger partial charge in [-0.05, 0) is 51.0 Å². The molecule has 1 heterocycles. The molecule has 0 aliphatic rings. The van der Waals surface area contributed by atoms with Crippen LogP contribution in [0.3, 0.4) is 0 Å². The van der Waals surface area contributed by atoms with Crippen molar-refractivity contribution < 1.29 is 4.74 Å². The first-order valence-corrected chi connectivity index (χ1v) is 6.59. The number of nitrogens with one attached hydrogen (secondary N) is 1. The Kier molecular flexibility index (Phi) is 4.08. The Labute approximate surface area is 119 Å². The smallest absolute Gasteiger partial charge is 0.248 e. The minimum absolute atomic E-state index is 0.238. The van der Waals surface area contributed by atoms with Gasteiger partial charge in [0.15, 0.2) is 5.82 Å². The van der Waals surface area contributed by atoms with E-state index in [-0.39, 0.29) is 6.04 Å². The zero-order valence-corrected chi connectivity index (χ0v) is 12.3. The Morgan fingerprint density at radius 2 is 1.90 bits per heavy atom. The molecule has 0 fully saturated rings. The molecule has 2 rings (SSSR count). The quantitative estimate of drug-likeness (QED) is 0.893. The highest BCUT2D eigenvalue weighted by Crippen LogP contribution is 2.30. The van der Waals surface area contributed by atoms with E-state index in [1.807, 2.05) is 39.0 Å². The molecule has 1 aromatic heterocycles. The lowest BCUT2D eigenvalue weighted by atomic mass is 10.1. The van der Waals surface area contributed by atoms with Crippen molar-refractivity contribution in [3.63, 3.8) is 0 Å². The van der Waals surface area contributed by atoms with Gasteiger partial charge in [0.25, 0.3) is 0 Å². The second-order valence-electron chi connectivity index (χ2n) is 5.09. The number of benzene rings is 1. The second-order valence-corrected chi connectivity index (χ2v) is 5.09. The van der Waals surface area contributed by atoms with Crippen molar-refractivity contribution in [1.29, 1.82) is 0 Å². The molecule has 0 unspecified atom stereocenters. The fraction of sp³-hybridized carbons (Fsp3) is 0.333. The molecule has 5 nitrogen and oxygen atoms in total. The van der Waals surface area contributed by atoms with Crippen molar-refractivity contribution in [3.8, 4) is 11.6 Å². The van der Waals surface area contributed by atoms with E-state index in [1.54, 1.807) is 0 Å². The van der Waals surface area contributed by atoms with Crippen molar-refractivity contribution >= 4 is 11.5 Å². The Hall–Kier alpha value is -2.30. The Morgan fingerprint density at radius 3 is 2.55 bits per heavy atom. The molecule has 0 bridgehead atoms. The Morgan fingerprint density at radius 1 is 1.15 bits per heavy atom. The molecule has 2 aromatic rings. The maximum absolute atomic E-state index is 6.03. The average molecular weight is 272 g/mol. The van der Waals surface area contributed by atoms with Crippen molar-refractivity contribution in [1.82, 2.24) is 9.97 Å². The van der Waals surface area contributed by atoms with Gasteiger partial charge in [-0.3, -0.25) is 0 Å². The summed E-state index contributed by atoms with van der Waals surface area (Å²) in [6, 6.07) is 6.11. The lowest BCUT2D eigenvalue weighted by molar-refractivity contribution is 0.464. The number of anilines is 2. The molecule has 0 saturated heterocycles. The normalized spacial score (nSPS) is 10.7. The SMILES string of the molecule is Cc1ccc(Oc2ncnc(NC(C)C)c2N)cc1C. The van der Waals surface area contributed by atoms with E-state index in [9.17, 15) is 0 Å². The monoisotopic (exact) mass is 272 g/mol. The molecule has 106 valence electrons. The van der Waals surface area contributed by atoms with E-state index in [0.717, 1.165) is 5.56 Å².